The van der Waals surface area contributed by atoms with Gasteiger partial charge >= 0.3 is 0 Å². The standard InChI is InChI=1S/C10H10BrClN2O2S/c1-2-7(6-13)17(15,16)14-9-5-3-4-8(12)10(9)11/h3-5,7,14H,2H2,1H3. The van der Waals surface area contributed by atoms with Crippen molar-refractivity contribution in [3.63, 3.8) is 0 Å². The summed E-state index contributed by atoms with van der Waals surface area (Å²) >= 11 is 9.03. The van der Waals surface area contributed by atoms with Crippen molar-refractivity contribution in [1.82, 2.24) is 0 Å². The van der Waals surface area contributed by atoms with Crippen molar-refractivity contribution < 1.29 is 8.42 Å². The number of sulfonamides is 1. The third kappa shape index (κ3) is 3.35. The molecule has 0 bridgehead atoms. The molecule has 0 amide bonds. The third-order valence-corrected chi connectivity index (χ3v) is 5.18. The van der Waals surface area contributed by atoms with Gasteiger partial charge in [-0.2, -0.15) is 5.26 Å². The van der Waals surface area contributed by atoms with Crippen molar-refractivity contribution >= 4 is 43.2 Å². The molecule has 0 aliphatic rings. The van der Waals surface area contributed by atoms with Crippen LogP contribution in [-0.4, -0.2) is 13.7 Å². The van der Waals surface area contributed by atoms with E-state index in [2.05, 4.69) is 20.7 Å². The van der Waals surface area contributed by atoms with Gasteiger partial charge in [-0.15, -0.1) is 0 Å². The second-order valence-electron chi connectivity index (χ2n) is 3.27. The Morgan fingerprint density at radius 2 is 2.24 bits per heavy atom. The quantitative estimate of drug-likeness (QED) is 0.917. The second-order valence-corrected chi connectivity index (χ2v) is 6.34. The number of nitriles is 1. The van der Waals surface area contributed by atoms with Crippen molar-refractivity contribution in [3.8, 4) is 6.07 Å². The lowest BCUT2D eigenvalue weighted by atomic mass is 10.3. The van der Waals surface area contributed by atoms with Crippen LogP contribution in [0.5, 0.6) is 0 Å². The van der Waals surface area contributed by atoms with Crippen molar-refractivity contribution in [2.24, 2.45) is 0 Å². The zero-order valence-corrected chi connectivity index (χ0v) is 12.1. The Labute approximate surface area is 114 Å². The van der Waals surface area contributed by atoms with Crippen LogP contribution in [0.3, 0.4) is 0 Å². The number of hydrogen-bond acceptors (Lipinski definition) is 3. The van der Waals surface area contributed by atoms with E-state index in [-0.39, 0.29) is 6.42 Å². The Bertz CT molecular complexity index is 554. The number of hydrogen-bond donors (Lipinski definition) is 1. The van der Waals surface area contributed by atoms with E-state index >= 15 is 0 Å². The molecule has 1 atom stereocenters. The number of nitrogens with one attached hydrogen (secondary N) is 1. The van der Waals surface area contributed by atoms with Crippen molar-refractivity contribution in [1.29, 1.82) is 5.26 Å². The first-order chi connectivity index (χ1) is 7.92. The van der Waals surface area contributed by atoms with E-state index < -0.39 is 15.3 Å². The van der Waals surface area contributed by atoms with E-state index in [4.69, 9.17) is 16.9 Å². The Balaban J connectivity index is 3.07. The summed E-state index contributed by atoms with van der Waals surface area (Å²) in [5.74, 6) is 0. The minimum Gasteiger partial charge on any atom is -0.281 e. The van der Waals surface area contributed by atoms with Crippen LogP contribution in [0.4, 0.5) is 5.69 Å². The van der Waals surface area contributed by atoms with Crippen LogP contribution in [0.2, 0.25) is 5.02 Å². The molecule has 0 heterocycles. The van der Waals surface area contributed by atoms with Crippen LogP contribution in [-0.2, 0) is 10.0 Å². The normalized spacial score (nSPS) is 12.8. The summed E-state index contributed by atoms with van der Waals surface area (Å²) in [6.07, 6.45) is 0.226. The molecule has 7 heteroatoms. The summed E-state index contributed by atoms with van der Waals surface area (Å²) in [6, 6.07) is 6.57. The monoisotopic (exact) mass is 336 g/mol. The van der Waals surface area contributed by atoms with Crippen LogP contribution in [0, 0.1) is 11.3 Å². The molecule has 0 aliphatic carbocycles. The van der Waals surface area contributed by atoms with Gasteiger partial charge in [-0.3, -0.25) is 4.72 Å². The highest BCUT2D eigenvalue weighted by molar-refractivity contribution is 9.10. The largest absolute Gasteiger partial charge is 0.281 e. The van der Waals surface area contributed by atoms with Crippen molar-refractivity contribution in [2.75, 3.05) is 4.72 Å². The molecule has 0 saturated heterocycles. The van der Waals surface area contributed by atoms with Crippen LogP contribution in [0.15, 0.2) is 22.7 Å². The van der Waals surface area contributed by atoms with E-state index in [1.54, 1.807) is 31.2 Å². The summed E-state index contributed by atoms with van der Waals surface area (Å²) < 4.78 is 26.5. The first-order valence-electron chi connectivity index (χ1n) is 4.77. The van der Waals surface area contributed by atoms with Crippen LogP contribution in [0.25, 0.3) is 0 Å². The van der Waals surface area contributed by atoms with Gasteiger partial charge in [-0.05, 0) is 34.5 Å². The van der Waals surface area contributed by atoms with E-state index in [1.807, 2.05) is 0 Å². The molecule has 0 spiro atoms. The van der Waals surface area contributed by atoms with Gasteiger partial charge in [0.15, 0.2) is 5.25 Å². The van der Waals surface area contributed by atoms with Gasteiger partial charge in [0.05, 0.1) is 21.3 Å². The molecule has 1 N–H and O–H groups in total. The molecule has 1 aromatic rings. The Morgan fingerprint density at radius 3 is 2.76 bits per heavy atom. The topological polar surface area (TPSA) is 70.0 Å². The van der Waals surface area contributed by atoms with Gasteiger partial charge in [0.2, 0.25) is 10.0 Å². The Kier molecular flexibility index (Phi) is 4.80. The minimum atomic E-state index is -3.71. The van der Waals surface area contributed by atoms with Crippen molar-refractivity contribution in [2.45, 2.75) is 18.6 Å². The molecule has 0 radical (unpaired) electrons. The molecule has 1 unspecified atom stereocenters. The van der Waals surface area contributed by atoms with E-state index in [0.29, 0.717) is 15.2 Å². The fourth-order valence-corrected chi connectivity index (χ4v) is 3.05. The fraction of sp³-hybridized carbons (Fsp3) is 0.300. The van der Waals surface area contributed by atoms with Gasteiger partial charge in [-0.25, -0.2) is 8.42 Å². The van der Waals surface area contributed by atoms with Crippen LogP contribution in [0.1, 0.15) is 13.3 Å². The SMILES string of the molecule is CCC(C#N)S(=O)(=O)Nc1cccc(Cl)c1Br. The molecule has 17 heavy (non-hydrogen) atoms. The van der Waals surface area contributed by atoms with E-state index in [0.717, 1.165) is 0 Å². The predicted octanol–water partition coefficient (Wildman–Crippen LogP) is 3.15. The summed E-state index contributed by atoms with van der Waals surface area (Å²) in [5, 5.41) is 8.08. The smallest absolute Gasteiger partial charge is 0.249 e. The average Bonchev–Trinajstić information content (AvgIpc) is 2.26. The highest BCUT2D eigenvalue weighted by Gasteiger charge is 2.24. The van der Waals surface area contributed by atoms with Crippen molar-refractivity contribution in [3.05, 3.63) is 27.7 Å². The fourth-order valence-electron chi connectivity index (χ4n) is 1.19. The molecular formula is C10H10BrClN2O2S. The molecule has 0 aromatic heterocycles. The van der Waals surface area contributed by atoms with Gasteiger partial charge in [-0.1, -0.05) is 24.6 Å². The Hall–Kier alpha value is -0.770. The average molecular weight is 338 g/mol. The molecular weight excluding hydrogens is 328 g/mol. The molecule has 92 valence electrons. The predicted molar refractivity (Wildman–Crippen MR) is 71.4 cm³/mol. The van der Waals surface area contributed by atoms with Crippen LogP contribution >= 0.6 is 27.5 Å². The molecule has 4 nitrogen and oxygen atoms in total. The lowest BCUT2D eigenvalue weighted by Gasteiger charge is -2.12. The van der Waals surface area contributed by atoms with Gasteiger partial charge in [0, 0.05) is 0 Å². The first kappa shape index (κ1) is 14.3. The number of benzene rings is 1. The van der Waals surface area contributed by atoms with E-state index in [1.165, 1.54) is 0 Å². The molecule has 0 aliphatic heterocycles. The summed E-state index contributed by atoms with van der Waals surface area (Å²) in [6.45, 7) is 1.64. The van der Waals surface area contributed by atoms with E-state index in [9.17, 15) is 8.42 Å². The van der Waals surface area contributed by atoms with Gasteiger partial charge in [0.25, 0.3) is 0 Å². The first-order valence-corrected chi connectivity index (χ1v) is 7.49. The zero-order chi connectivity index (χ0) is 13.1. The Morgan fingerprint density at radius 1 is 1.59 bits per heavy atom. The highest BCUT2D eigenvalue weighted by Crippen LogP contribution is 2.31. The molecule has 0 fully saturated rings. The maximum absolute atomic E-state index is 11.8. The highest BCUT2D eigenvalue weighted by atomic mass is 79.9. The van der Waals surface area contributed by atoms with Gasteiger partial charge < -0.3 is 0 Å². The molecule has 1 aromatic carbocycles. The van der Waals surface area contributed by atoms with Gasteiger partial charge in [0.1, 0.15) is 0 Å². The second kappa shape index (κ2) is 5.71. The maximum Gasteiger partial charge on any atom is 0.249 e. The maximum atomic E-state index is 11.8. The summed E-state index contributed by atoms with van der Waals surface area (Å²) in [4.78, 5) is 0. The molecule has 0 saturated carbocycles. The number of halogens is 2. The zero-order valence-electron chi connectivity index (χ0n) is 8.94. The lowest BCUT2D eigenvalue weighted by Crippen LogP contribution is -2.26. The lowest BCUT2D eigenvalue weighted by molar-refractivity contribution is 0.593. The number of anilines is 1. The number of rotatable bonds is 4. The van der Waals surface area contributed by atoms with Crippen LogP contribution < -0.4 is 4.72 Å². The number of nitrogens with zero attached hydrogens (tertiary/aromatic N) is 1. The third-order valence-electron chi connectivity index (χ3n) is 2.09. The summed E-state index contributed by atoms with van der Waals surface area (Å²) in [7, 11) is -3.71. The minimum absolute atomic E-state index is 0.226. The summed E-state index contributed by atoms with van der Waals surface area (Å²) in [5.41, 5.74) is 0.325. The molecule has 1 rings (SSSR count).